The molecular weight excluding hydrogens is 288 g/mol. The van der Waals surface area contributed by atoms with E-state index < -0.39 is 22.3 Å². The summed E-state index contributed by atoms with van der Waals surface area (Å²) in [5.41, 5.74) is 5.67. The highest BCUT2D eigenvalue weighted by Crippen LogP contribution is 2.57. The molecule has 0 aliphatic rings. The van der Waals surface area contributed by atoms with Crippen LogP contribution in [0.2, 0.25) is 0 Å². The number of hydrogen-bond donors (Lipinski definition) is 4. The van der Waals surface area contributed by atoms with Gasteiger partial charge in [-0.3, -0.25) is 4.52 Å². The third-order valence-electron chi connectivity index (χ3n) is 1.61. The maximum atomic E-state index is 11.1. The van der Waals surface area contributed by atoms with E-state index in [1.807, 2.05) is 0 Å². The Morgan fingerprint density at radius 2 is 2.00 bits per heavy atom. The van der Waals surface area contributed by atoms with Gasteiger partial charge in [0.2, 0.25) is 0 Å². The molecule has 1 aromatic rings. The molecule has 0 fully saturated rings. The van der Waals surface area contributed by atoms with Crippen LogP contribution >= 0.6 is 15.6 Å². The minimum Gasteiger partial charge on any atom is -0.383 e. The van der Waals surface area contributed by atoms with Gasteiger partial charge in [-0.05, 0) is 6.92 Å². The smallest absolute Gasteiger partial charge is 0.383 e. The Labute approximate surface area is 102 Å². The highest BCUT2D eigenvalue weighted by molar-refractivity contribution is 7.60. The third-order valence-corrected chi connectivity index (χ3v) is 3.74. The highest BCUT2D eigenvalue weighted by atomic mass is 31.3. The van der Waals surface area contributed by atoms with E-state index in [1.54, 1.807) is 6.92 Å². The molecule has 0 radical (unpaired) electrons. The van der Waals surface area contributed by atoms with E-state index in [4.69, 9.17) is 20.4 Å². The predicted molar refractivity (Wildman–Crippen MR) is 58.9 cm³/mol. The Kier molecular flexibility index (Phi) is 4.57. The molecule has 1 unspecified atom stereocenters. The average Bonchev–Trinajstić information content (AvgIpc) is 2.12. The molecule has 0 aromatic carbocycles. The van der Waals surface area contributed by atoms with Crippen LogP contribution < -0.4 is 5.73 Å². The van der Waals surface area contributed by atoms with Gasteiger partial charge in [0.25, 0.3) is 0 Å². The Morgan fingerprint density at radius 3 is 2.50 bits per heavy atom. The molecule has 5 N–H and O–H groups in total. The number of rotatable bonds is 5. The number of aromatic nitrogens is 2. The van der Waals surface area contributed by atoms with Crippen LogP contribution in [0.1, 0.15) is 11.4 Å². The largest absolute Gasteiger partial charge is 0.481 e. The molecule has 0 amide bonds. The van der Waals surface area contributed by atoms with Crippen LogP contribution in [0.3, 0.4) is 0 Å². The molecule has 0 aliphatic carbocycles. The fourth-order valence-electron chi connectivity index (χ4n) is 0.933. The van der Waals surface area contributed by atoms with Crippen LogP contribution in [0.15, 0.2) is 6.20 Å². The van der Waals surface area contributed by atoms with Gasteiger partial charge < -0.3 is 20.4 Å². The minimum atomic E-state index is -5.13. The standard InChI is InChI=1S/C6H11N3O7P2/c1-4-8-2-5(6(7)9-4)3-15-18(13,14)16-17(10,11)12/h2H,3H2,1H3,(H,13,14)(H2,7,8,9)(H2,10,11,12). The SMILES string of the molecule is Cc1ncc(COP(=O)(O)OP(=O)(O)O)c(N)n1. The Balaban J connectivity index is 2.70. The fraction of sp³-hybridized carbons (Fsp3) is 0.333. The van der Waals surface area contributed by atoms with Crippen molar-refractivity contribution < 1.29 is 32.6 Å². The van der Waals surface area contributed by atoms with Gasteiger partial charge in [0.1, 0.15) is 11.6 Å². The molecule has 1 heterocycles. The van der Waals surface area contributed by atoms with Gasteiger partial charge >= 0.3 is 15.6 Å². The highest BCUT2D eigenvalue weighted by Gasteiger charge is 2.32. The van der Waals surface area contributed by atoms with Crippen molar-refractivity contribution in [1.29, 1.82) is 0 Å². The van der Waals surface area contributed by atoms with Crippen LogP contribution in [-0.2, 0) is 24.6 Å². The molecule has 1 atom stereocenters. The number of aryl methyl sites for hydroxylation is 1. The van der Waals surface area contributed by atoms with Gasteiger partial charge in [0.15, 0.2) is 0 Å². The van der Waals surface area contributed by atoms with Gasteiger partial charge in [-0.25, -0.2) is 19.1 Å². The molecular formula is C6H11N3O7P2. The zero-order valence-electron chi connectivity index (χ0n) is 9.13. The first-order valence-corrected chi connectivity index (χ1v) is 7.44. The molecule has 0 saturated carbocycles. The van der Waals surface area contributed by atoms with Crippen LogP contribution in [0, 0.1) is 6.92 Å². The number of phosphoric acid groups is 2. The van der Waals surface area contributed by atoms with E-state index in [2.05, 4.69) is 18.8 Å². The van der Waals surface area contributed by atoms with Crippen molar-refractivity contribution in [3.8, 4) is 0 Å². The van der Waals surface area contributed by atoms with Crippen LogP contribution in [0.4, 0.5) is 5.82 Å². The van der Waals surface area contributed by atoms with E-state index in [9.17, 15) is 9.13 Å². The monoisotopic (exact) mass is 299 g/mol. The average molecular weight is 299 g/mol. The van der Waals surface area contributed by atoms with Crippen molar-refractivity contribution in [2.45, 2.75) is 13.5 Å². The van der Waals surface area contributed by atoms with E-state index in [0.717, 1.165) is 0 Å². The van der Waals surface area contributed by atoms with Gasteiger partial charge in [0, 0.05) is 11.8 Å². The summed E-state index contributed by atoms with van der Waals surface area (Å²) >= 11 is 0. The second-order valence-corrected chi connectivity index (χ2v) is 5.97. The quantitative estimate of drug-likeness (QED) is 0.547. The van der Waals surface area contributed by atoms with Crippen LogP contribution in [0.5, 0.6) is 0 Å². The number of phosphoric ester groups is 1. The zero-order valence-corrected chi connectivity index (χ0v) is 10.9. The lowest BCUT2D eigenvalue weighted by Gasteiger charge is -2.12. The van der Waals surface area contributed by atoms with E-state index in [1.165, 1.54) is 6.20 Å². The summed E-state index contributed by atoms with van der Waals surface area (Å²) in [6, 6.07) is 0. The van der Waals surface area contributed by atoms with Gasteiger partial charge in [0.05, 0.1) is 6.61 Å². The Hall–Kier alpha value is -0.860. The summed E-state index contributed by atoms with van der Waals surface area (Å²) in [6.07, 6.45) is 1.26. The van der Waals surface area contributed by atoms with E-state index >= 15 is 0 Å². The molecule has 12 heteroatoms. The first kappa shape index (κ1) is 15.2. The summed E-state index contributed by atoms with van der Waals surface area (Å²) in [7, 11) is -10.0. The number of nitrogen functional groups attached to an aromatic ring is 1. The molecule has 0 aliphatic heterocycles. The third kappa shape index (κ3) is 5.19. The maximum Gasteiger partial charge on any atom is 0.481 e. The van der Waals surface area contributed by atoms with Crippen molar-refractivity contribution in [2.24, 2.45) is 0 Å². The molecule has 18 heavy (non-hydrogen) atoms. The lowest BCUT2D eigenvalue weighted by Crippen LogP contribution is -2.03. The first-order chi connectivity index (χ1) is 8.09. The van der Waals surface area contributed by atoms with Crippen molar-refractivity contribution in [3.63, 3.8) is 0 Å². The molecule has 102 valence electrons. The zero-order chi connectivity index (χ0) is 14.0. The second kappa shape index (κ2) is 5.41. The van der Waals surface area contributed by atoms with Crippen LogP contribution in [0.25, 0.3) is 0 Å². The number of nitrogens with zero attached hydrogens (tertiary/aromatic N) is 2. The molecule has 0 saturated heterocycles. The lowest BCUT2D eigenvalue weighted by molar-refractivity contribution is 0.172. The molecule has 0 spiro atoms. The van der Waals surface area contributed by atoms with Crippen molar-refractivity contribution >= 4 is 21.5 Å². The maximum absolute atomic E-state index is 11.1. The first-order valence-electron chi connectivity index (χ1n) is 4.41. The Morgan fingerprint density at radius 1 is 1.39 bits per heavy atom. The van der Waals surface area contributed by atoms with Gasteiger partial charge in [-0.2, -0.15) is 4.31 Å². The number of hydrogen-bond acceptors (Lipinski definition) is 7. The topological polar surface area (TPSA) is 165 Å². The normalized spacial score (nSPS) is 15.3. The molecule has 0 bridgehead atoms. The van der Waals surface area contributed by atoms with E-state index in [0.29, 0.717) is 5.82 Å². The number of nitrogens with two attached hydrogens (primary N) is 1. The minimum absolute atomic E-state index is 0.0266. The van der Waals surface area contributed by atoms with Crippen molar-refractivity contribution in [2.75, 3.05) is 5.73 Å². The van der Waals surface area contributed by atoms with Gasteiger partial charge in [-0.15, -0.1) is 0 Å². The number of anilines is 1. The van der Waals surface area contributed by atoms with Crippen LogP contribution in [-0.4, -0.2) is 24.6 Å². The summed E-state index contributed by atoms with van der Waals surface area (Å²) in [5.74, 6) is 0.425. The summed E-state index contributed by atoms with van der Waals surface area (Å²) in [5, 5.41) is 0. The van der Waals surface area contributed by atoms with E-state index in [-0.39, 0.29) is 11.4 Å². The fourth-order valence-corrected chi connectivity index (χ4v) is 2.50. The summed E-state index contributed by atoms with van der Waals surface area (Å²) in [4.78, 5) is 33.3. The summed E-state index contributed by atoms with van der Waals surface area (Å²) < 4.78 is 29.4. The van der Waals surface area contributed by atoms with Crippen molar-refractivity contribution in [3.05, 3.63) is 17.6 Å². The lowest BCUT2D eigenvalue weighted by atomic mass is 10.3. The Bertz CT molecular complexity index is 530. The van der Waals surface area contributed by atoms with Gasteiger partial charge in [-0.1, -0.05) is 0 Å². The molecule has 1 rings (SSSR count). The summed E-state index contributed by atoms with van der Waals surface area (Å²) in [6.45, 7) is 1.06. The molecule has 10 nitrogen and oxygen atoms in total. The molecule has 1 aromatic heterocycles. The predicted octanol–water partition coefficient (Wildman–Crippen LogP) is 0.0935. The van der Waals surface area contributed by atoms with Crippen molar-refractivity contribution in [1.82, 2.24) is 9.97 Å². The second-order valence-electron chi connectivity index (χ2n) is 3.14.